The molecule has 0 rings (SSSR count). The molecule has 0 amide bonds. The molecule has 0 aliphatic heterocycles. The van der Waals surface area contributed by atoms with Crippen LogP contribution in [-0.4, -0.2) is 25.8 Å². The van der Waals surface area contributed by atoms with Crippen LogP contribution in [0.1, 0.15) is 34.6 Å². The van der Waals surface area contributed by atoms with E-state index in [1.807, 2.05) is 6.08 Å². The summed E-state index contributed by atoms with van der Waals surface area (Å²) in [5, 5.41) is 0. The molecular formula is C12H25BO2. The lowest BCUT2D eigenvalue weighted by Crippen LogP contribution is -2.55. The van der Waals surface area contributed by atoms with Crippen molar-refractivity contribution in [2.24, 2.45) is 5.92 Å². The molecule has 1 atom stereocenters. The first kappa shape index (κ1) is 14.7. The van der Waals surface area contributed by atoms with E-state index in [0.717, 1.165) is 6.32 Å². The van der Waals surface area contributed by atoms with Gasteiger partial charge in [-0.3, -0.25) is 0 Å². The van der Waals surface area contributed by atoms with Gasteiger partial charge in [0.2, 0.25) is 0 Å². The Balaban J connectivity index is 4.57. The molecule has 0 saturated heterocycles. The highest BCUT2D eigenvalue weighted by molar-refractivity contribution is 6.28. The minimum absolute atomic E-state index is 0.270. The number of methoxy groups -OCH3 is 1. The number of ether oxygens (including phenoxy) is 1. The van der Waals surface area contributed by atoms with Gasteiger partial charge in [-0.05, 0) is 33.0 Å². The van der Waals surface area contributed by atoms with E-state index in [1.54, 1.807) is 7.11 Å². The molecule has 0 spiro atoms. The van der Waals surface area contributed by atoms with Crippen LogP contribution in [0.25, 0.3) is 0 Å². The molecule has 0 aromatic carbocycles. The number of hydrogen-bond donors (Lipinski definition) is 0. The van der Waals surface area contributed by atoms with Crippen molar-refractivity contribution >= 4 is 7.48 Å². The van der Waals surface area contributed by atoms with Crippen LogP contribution in [-0.2, 0) is 9.39 Å². The van der Waals surface area contributed by atoms with Crippen LogP contribution in [0.3, 0.4) is 0 Å². The number of allylic oxidation sites excluding steroid dienone is 1. The van der Waals surface area contributed by atoms with Crippen LogP contribution in [0.15, 0.2) is 12.7 Å². The Bertz CT molecular complexity index is 202. The molecule has 3 heteroatoms. The maximum absolute atomic E-state index is 5.89. The highest BCUT2D eigenvalue weighted by atomic mass is 16.5. The predicted octanol–water partition coefficient (Wildman–Crippen LogP) is 2.80. The maximum Gasteiger partial charge on any atom is 0.279 e. The molecule has 88 valence electrons. The summed E-state index contributed by atoms with van der Waals surface area (Å²) < 4.78 is 11.5. The van der Waals surface area contributed by atoms with Crippen molar-refractivity contribution in [3.63, 3.8) is 0 Å². The van der Waals surface area contributed by atoms with E-state index in [9.17, 15) is 0 Å². The van der Waals surface area contributed by atoms with E-state index in [1.165, 1.54) is 0 Å². The smallest absolute Gasteiger partial charge is 0.279 e. The Hall–Kier alpha value is -0.275. The summed E-state index contributed by atoms with van der Waals surface area (Å²) >= 11 is 0. The largest absolute Gasteiger partial charge is 0.432 e. The van der Waals surface area contributed by atoms with Crippen LogP contribution in [0.5, 0.6) is 0 Å². The third kappa shape index (κ3) is 3.35. The average Bonchev–Trinajstić information content (AvgIpc) is 2.16. The van der Waals surface area contributed by atoms with Crippen LogP contribution in [0.4, 0.5) is 0 Å². The van der Waals surface area contributed by atoms with Crippen molar-refractivity contribution in [3.8, 4) is 0 Å². The zero-order chi connectivity index (χ0) is 12.1. The fourth-order valence-corrected chi connectivity index (χ4v) is 1.72. The number of hydrogen-bond acceptors (Lipinski definition) is 2. The molecule has 0 aromatic rings. The van der Waals surface area contributed by atoms with Crippen molar-refractivity contribution in [3.05, 3.63) is 12.7 Å². The van der Waals surface area contributed by atoms with E-state index in [-0.39, 0.29) is 11.2 Å². The SMILES string of the molecule is C=CCBOC(C)(C)C(C)(OC)C(C)C. The Morgan fingerprint density at radius 2 is 1.87 bits per heavy atom. The van der Waals surface area contributed by atoms with Gasteiger partial charge < -0.3 is 9.39 Å². The molecule has 1 unspecified atom stereocenters. The lowest BCUT2D eigenvalue weighted by atomic mass is 9.76. The zero-order valence-corrected chi connectivity index (χ0v) is 11.1. The van der Waals surface area contributed by atoms with Crippen LogP contribution in [0.2, 0.25) is 6.32 Å². The first-order chi connectivity index (χ1) is 6.81. The summed E-state index contributed by atoms with van der Waals surface area (Å²) in [5.74, 6) is 0.404. The Morgan fingerprint density at radius 1 is 1.33 bits per heavy atom. The summed E-state index contributed by atoms with van der Waals surface area (Å²) in [6.45, 7) is 14.3. The maximum atomic E-state index is 5.89. The first-order valence-electron chi connectivity index (χ1n) is 5.62. The third-order valence-corrected chi connectivity index (χ3v) is 3.51. The molecule has 0 N–H and O–H groups in total. The van der Waals surface area contributed by atoms with E-state index < -0.39 is 0 Å². The van der Waals surface area contributed by atoms with E-state index >= 15 is 0 Å². The fourth-order valence-electron chi connectivity index (χ4n) is 1.72. The van der Waals surface area contributed by atoms with Crippen molar-refractivity contribution in [1.82, 2.24) is 0 Å². The molecular weight excluding hydrogens is 187 g/mol. The average molecular weight is 212 g/mol. The summed E-state index contributed by atoms with van der Waals surface area (Å²) in [5.41, 5.74) is -0.562. The minimum Gasteiger partial charge on any atom is -0.432 e. The first-order valence-corrected chi connectivity index (χ1v) is 5.62. The van der Waals surface area contributed by atoms with Gasteiger partial charge in [-0.2, -0.15) is 0 Å². The van der Waals surface area contributed by atoms with E-state index in [4.69, 9.17) is 9.39 Å². The Labute approximate surface area is 95.3 Å². The minimum atomic E-state index is -0.293. The molecule has 0 aromatic heterocycles. The molecule has 0 aliphatic rings. The second kappa shape index (κ2) is 5.71. The second-order valence-corrected chi connectivity index (χ2v) is 4.90. The molecule has 0 bridgehead atoms. The van der Waals surface area contributed by atoms with Gasteiger partial charge in [-0.15, -0.1) is 6.58 Å². The van der Waals surface area contributed by atoms with Gasteiger partial charge >= 0.3 is 0 Å². The molecule has 0 fully saturated rings. The normalized spacial score (nSPS) is 16.2. The fraction of sp³-hybridized carbons (Fsp3) is 0.833. The predicted molar refractivity (Wildman–Crippen MR) is 67.6 cm³/mol. The van der Waals surface area contributed by atoms with Gasteiger partial charge in [0.15, 0.2) is 0 Å². The van der Waals surface area contributed by atoms with Crippen LogP contribution in [0, 0.1) is 5.92 Å². The lowest BCUT2D eigenvalue weighted by molar-refractivity contribution is -0.152. The molecule has 0 saturated carbocycles. The summed E-state index contributed by atoms with van der Waals surface area (Å²) in [6, 6.07) is 0. The van der Waals surface area contributed by atoms with Crippen molar-refractivity contribution in [2.75, 3.05) is 7.11 Å². The summed E-state index contributed by atoms with van der Waals surface area (Å²) in [7, 11) is 2.45. The van der Waals surface area contributed by atoms with E-state index in [2.05, 4.69) is 41.2 Å². The van der Waals surface area contributed by atoms with Gasteiger partial charge in [0.1, 0.15) is 0 Å². The molecule has 15 heavy (non-hydrogen) atoms. The highest BCUT2D eigenvalue weighted by Gasteiger charge is 2.44. The summed E-state index contributed by atoms with van der Waals surface area (Å²) in [4.78, 5) is 0. The highest BCUT2D eigenvalue weighted by Crippen LogP contribution is 2.35. The van der Waals surface area contributed by atoms with Crippen LogP contribution < -0.4 is 0 Å². The van der Waals surface area contributed by atoms with Gasteiger partial charge in [0, 0.05) is 7.11 Å². The molecule has 0 aliphatic carbocycles. The topological polar surface area (TPSA) is 18.5 Å². The Morgan fingerprint density at radius 3 is 2.20 bits per heavy atom. The third-order valence-electron chi connectivity index (χ3n) is 3.51. The molecule has 0 heterocycles. The van der Waals surface area contributed by atoms with Crippen molar-refractivity contribution in [2.45, 2.75) is 52.1 Å². The quantitative estimate of drug-likeness (QED) is 0.367. The van der Waals surface area contributed by atoms with Crippen molar-refractivity contribution in [1.29, 1.82) is 0 Å². The van der Waals surface area contributed by atoms with Gasteiger partial charge in [-0.1, -0.05) is 19.9 Å². The zero-order valence-electron chi connectivity index (χ0n) is 11.1. The molecule has 0 radical (unpaired) electrons. The summed E-state index contributed by atoms with van der Waals surface area (Å²) in [6.07, 6.45) is 2.75. The van der Waals surface area contributed by atoms with Gasteiger partial charge in [0.25, 0.3) is 7.48 Å². The van der Waals surface area contributed by atoms with Gasteiger partial charge in [0.05, 0.1) is 11.2 Å². The number of rotatable bonds is 7. The standard InChI is InChI=1S/C12H25BO2/c1-8-9-13-15-11(4,5)12(6,14-7)10(2)3/h8,10,13H,1,9H2,2-7H3. The van der Waals surface area contributed by atoms with E-state index in [0.29, 0.717) is 13.4 Å². The van der Waals surface area contributed by atoms with Crippen molar-refractivity contribution < 1.29 is 9.39 Å². The second-order valence-electron chi connectivity index (χ2n) is 4.90. The monoisotopic (exact) mass is 212 g/mol. The lowest BCUT2D eigenvalue weighted by Gasteiger charge is -2.46. The van der Waals surface area contributed by atoms with Crippen LogP contribution >= 0.6 is 0 Å². The van der Waals surface area contributed by atoms with Gasteiger partial charge in [-0.25, -0.2) is 0 Å². The molecule has 2 nitrogen and oxygen atoms in total. The Kier molecular flexibility index (Phi) is 5.61.